The molecule has 0 aromatic heterocycles. The van der Waals surface area contributed by atoms with Crippen LogP contribution in [-0.2, 0) is 9.53 Å². The highest BCUT2D eigenvalue weighted by atomic mass is 35.5. The number of hydrogen-bond acceptors (Lipinski definition) is 3. The minimum atomic E-state index is -1.85. The predicted octanol–water partition coefficient (Wildman–Crippen LogP) is 3.16. The summed E-state index contributed by atoms with van der Waals surface area (Å²) in [6, 6.07) is 11.0. The van der Waals surface area contributed by atoms with E-state index in [2.05, 4.69) is 9.24 Å². The van der Waals surface area contributed by atoms with Gasteiger partial charge in [-0.25, -0.2) is 9.18 Å². The fraction of sp³-hybridized carbons (Fsp3) is 0.118. The van der Waals surface area contributed by atoms with Crippen LogP contribution in [0, 0.1) is 5.82 Å². The molecule has 1 aliphatic rings. The molecule has 3 nitrogen and oxygen atoms in total. The summed E-state index contributed by atoms with van der Waals surface area (Å²) >= 11 is 5.88. The fourth-order valence-corrected chi connectivity index (χ4v) is 3.20. The molecule has 0 spiro atoms. The van der Waals surface area contributed by atoms with Crippen LogP contribution in [0.2, 0.25) is 5.02 Å². The van der Waals surface area contributed by atoms with Crippen molar-refractivity contribution >= 4 is 43.3 Å². The summed E-state index contributed by atoms with van der Waals surface area (Å²) in [4.78, 5) is 12.3. The lowest BCUT2D eigenvalue weighted by molar-refractivity contribution is -0.169. The van der Waals surface area contributed by atoms with E-state index in [1.807, 2.05) is 0 Å². The van der Waals surface area contributed by atoms with Crippen LogP contribution in [0.4, 0.5) is 4.39 Å². The third-order valence-electron chi connectivity index (χ3n) is 3.64. The second kappa shape index (κ2) is 5.72. The lowest BCUT2D eigenvalue weighted by Gasteiger charge is -2.20. The molecule has 0 amide bonds. The largest absolute Gasteiger partial charge is 0.425 e. The molecule has 0 radical (unpaired) electrons. The molecule has 23 heavy (non-hydrogen) atoms. The smallest absolute Gasteiger partial charge is 0.342 e. The summed E-state index contributed by atoms with van der Waals surface area (Å²) in [5, 5.41) is 11.5. The summed E-state index contributed by atoms with van der Waals surface area (Å²) in [5.74, 6) is -3.18. The third-order valence-corrected chi connectivity index (χ3v) is 4.37. The monoisotopic (exact) mass is 350 g/mol. The van der Waals surface area contributed by atoms with Gasteiger partial charge in [-0.3, -0.25) is 0 Å². The van der Waals surface area contributed by atoms with Crippen LogP contribution in [-0.4, -0.2) is 16.9 Å². The first-order valence-corrected chi connectivity index (χ1v) is 7.77. The molecule has 1 heterocycles. The Hall–Kier alpha value is -1.74. The highest BCUT2D eigenvalue weighted by molar-refractivity contribution is 7.27. The molecule has 0 saturated heterocycles. The lowest BCUT2D eigenvalue weighted by Crippen LogP contribution is -2.26. The van der Waals surface area contributed by atoms with Crippen LogP contribution in [0.3, 0.4) is 0 Å². The van der Waals surface area contributed by atoms with E-state index in [1.165, 1.54) is 13.0 Å². The number of hydrogen-bond donors (Lipinski definition) is 1. The van der Waals surface area contributed by atoms with Gasteiger partial charge in [-0.15, -0.1) is 9.24 Å². The minimum Gasteiger partial charge on any atom is -0.425 e. The highest BCUT2D eigenvalue weighted by Crippen LogP contribution is 2.43. The molecule has 2 atom stereocenters. The van der Waals surface area contributed by atoms with Gasteiger partial charge in [-0.05, 0) is 29.1 Å². The molecule has 118 valence electrons. The molecule has 6 heteroatoms. The Balaban J connectivity index is 2.34. The molecule has 1 N–H and O–H groups in total. The molecule has 2 aromatic carbocycles. The number of rotatable bonds is 2. The number of ether oxygens (including phenoxy) is 1. The molecular formula is C17H13ClFO3P. The zero-order valence-electron chi connectivity index (χ0n) is 12.1. The van der Waals surface area contributed by atoms with Crippen molar-refractivity contribution in [2.75, 3.05) is 0 Å². The van der Waals surface area contributed by atoms with Gasteiger partial charge in [0.05, 0.1) is 5.57 Å². The highest BCUT2D eigenvalue weighted by Gasteiger charge is 2.44. The van der Waals surface area contributed by atoms with Gasteiger partial charge in [0.25, 0.3) is 0 Å². The van der Waals surface area contributed by atoms with Gasteiger partial charge in [-0.1, -0.05) is 35.9 Å². The van der Waals surface area contributed by atoms with Crippen molar-refractivity contribution in [1.29, 1.82) is 0 Å². The first kappa shape index (κ1) is 16.1. The van der Waals surface area contributed by atoms with E-state index in [0.29, 0.717) is 15.9 Å². The summed E-state index contributed by atoms with van der Waals surface area (Å²) in [7, 11) is 2.39. The summed E-state index contributed by atoms with van der Waals surface area (Å²) in [5.41, 5.74) is 0.867. The molecule has 2 aromatic rings. The van der Waals surface area contributed by atoms with Crippen molar-refractivity contribution in [2.45, 2.75) is 12.7 Å². The number of aliphatic hydroxyl groups is 1. The van der Waals surface area contributed by atoms with Crippen molar-refractivity contribution in [3.8, 4) is 0 Å². The molecule has 1 aliphatic heterocycles. The Morgan fingerprint density at radius 2 is 1.87 bits per heavy atom. The Kier molecular flexibility index (Phi) is 4.01. The Morgan fingerprint density at radius 1 is 1.22 bits per heavy atom. The Bertz CT molecular complexity index is 808. The molecule has 0 fully saturated rings. The summed E-state index contributed by atoms with van der Waals surface area (Å²) in [6.45, 7) is 1.35. The number of carbonyl (C=O) groups is 1. The fourth-order valence-electron chi connectivity index (χ4n) is 2.68. The maximum Gasteiger partial charge on any atom is 0.342 e. The Morgan fingerprint density at radius 3 is 2.48 bits per heavy atom. The summed E-state index contributed by atoms with van der Waals surface area (Å²) in [6.07, 6.45) is 0. The van der Waals surface area contributed by atoms with Gasteiger partial charge in [0.1, 0.15) is 5.82 Å². The van der Waals surface area contributed by atoms with Crippen molar-refractivity contribution < 1.29 is 19.0 Å². The molecule has 3 rings (SSSR count). The van der Waals surface area contributed by atoms with Crippen LogP contribution in [0.1, 0.15) is 18.1 Å². The molecule has 0 aliphatic carbocycles. The van der Waals surface area contributed by atoms with E-state index < -0.39 is 17.6 Å². The van der Waals surface area contributed by atoms with E-state index in [1.54, 1.807) is 36.4 Å². The number of benzene rings is 2. The number of halogens is 2. The topological polar surface area (TPSA) is 46.5 Å². The zero-order valence-corrected chi connectivity index (χ0v) is 14.0. The average molecular weight is 351 g/mol. The number of esters is 1. The predicted molar refractivity (Wildman–Crippen MR) is 90.7 cm³/mol. The van der Waals surface area contributed by atoms with Crippen molar-refractivity contribution in [3.63, 3.8) is 0 Å². The van der Waals surface area contributed by atoms with Crippen LogP contribution < -0.4 is 5.30 Å². The second-order valence-electron chi connectivity index (χ2n) is 5.33. The third kappa shape index (κ3) is 2.78. The van der Waals surface area contributed by atoms with E-state index in [4.69, 9.17) is 16.3 Å². The number of cyclic esters (lactones) is 1. The van der Waals surface area contributed by atoms with E-state index in [9.17, 15) is 14.3 Å². The quantitative estimate of drug-likeness (QED) is 0.668. The molecule has 2 unspecified atom stereocenters. The van der Waals surface area contributed by atoms with Crippen LogP contribution in [0.5, 0.6) is 0 Å². The van der Waals surface area contributed by atoms with Crippen molar-refractivity contribution in [3.05, 3.63) is 64.4 Å². The van der Waals surface area contributed by atoms with Crippen LogP contribution in [0.25, 0.3) is 11.1 Å². The van der Waals surface area contributed by atoms with E-state index >= 15 is 0 Å². The van der Waals surface area contributed by atoms with Crippen molar-refractivity contribution in [2.24, 2.45) is 0 Å². The Labute approximate surface area is 139 Å². The normalized spacial score (nSPS) is 20.8. The molecule has 0 bridgehead atoms. The zero-order chi connectivity index (χ0) is 16.8. The van der Waals surface area contributed by atoms with Gasteiger partial charge in [0.15, 0.2) is 0 Å². The van der Waals surface area contributed by atoms with Crippen LogP contribution in [0.15, 0.2) is 42.5 Å². The SMILES string of the molecule is CC1(O)OC(=O)C(c2c(F)cccc2P)=C1c1ccc(Cl)cc1. The average Bonchev–Trinajstić information content (AvgIpc) is 2.69. The molecular weight excluding hydrogens is 338 g/mol. The van der Waals surface area contributed by atoms with Crippen molar-refractivity contribution in [1.82, 2.24) is 0 Å². The van der Waals surface area contributed by atoms with Gasteiger partial charge in [0.2, 0.25) is 5.79 Å². The lowest BCUT2D eigenvalue weighted by atomic mass is 9.91. The second-order valence-corrected chi connectivity index (χ2v) is 6.39. The maximum atomic E-state index is 14.3. The van der Waals surface area contributed by atoms with Gasteiger partial charge >= 0.3 is 5.97 Å². The molecule has 0 saturated carbocycles. The van der Waals surface area contributed by atoms with Gasteiger partial charge in [0, 0.05) is 23.1 Å². The first-order chi connectivity index (χ1) is 10.8. The standard InChI is InChI=1S/C17H13ClFO3P/c1-17(21)15(9-5-7-10(18)8-6-9)14(16(20)22-17)13-11(19)3-2-4-12(13)23/h2-8,21H,23H2,1H3. The minimum absolute atomic E-state index is 0.0143. The van der Waals surface area contributed by atoms with Crippen LogP contribution >= 0.6 is 20.8 Å². The van der Waals surface area contributed by atoms with E-state index in [-0.39, 0.29) is 16.7 Å². The van der Waals surface area contributed by atoms with Gasteiger partial charge < -0.3 is 9.84 Å². The maximum absolute atomic E-state index is 14.3. The van der Waals surface area contributed by atoms with Gasteiger partial charge in [-0.2, -0.15) is 0 Å². The summed E-state index contributed by atoms with van der Waals surface area (Å²) < 4.78 is 19.4. The van der Waals surface area contributed by atoms with E-state index in [0.717, 1.165) is 0 Å². The first-order valence-electron chi connectivity index (χ1n) is 6.82. The number of carbonyl (C=O) groups excluding carboxylic acids is 1.